The molecule has 0 radical (unpaired) electrons. The number of hydrogen-bond acceptors (Lipinski definition) is 6. The molecular formula is C22H25NO6. The van der Waals surface area contributed by atoms with Crippen LogP contribution in [0.4, 0.5) is 0 Å². The number of nitrogens with zero attached hydrogens (tertiary/aromatic N) is 1. The number of aromatic hydroxyl groups is 1. The molecule has 0 fully saturated rings. The van der Waals surface area contributed by atoms with Crippen LogP contribution in [-0.2, 0) is 39.4 Å². The summed E-state index contributed by atoms with van der Waals surface area (Å²) in [6.45, 7) is 6.11. The van der Waals surface area contributed by atoms with Gasteiger partial charge in [0.15, 0.2) is 5.75 Å². The summed E-state index contributed by atoms with van der Waals surface area (Å²) in [5, 5.41) is 10.6. The van der Waals surface area contributed by atoms with Gasteiger partial charge < -0.3 is 23.9 Å². The molecule has 7 heteroatoms. The monoisotopic (exact) mass is 399 g/mol. The van der Waals surface area contributed by atoms with Crippen molar-refractivity contribution in [2.75, 3.05) is 13.7 Å². The number of benzene rings is 1. The molecule has 2 heterocycles. The van der Waals surface area contributed by atoms with E-state index < -0.39 is 22.9 Å². The van der Waals surface area contributed by atoms with Gasteiger partial charge in [-0.2, -0.15) is 0 Å². The molecule has 154 valence electrons. The Morgan fingerprint density at radius 1 is 1.34 bits per heavy atom. The van der Waals surface area contributed by atoms with Gasteiger partial charge in [0.25, 0.3) is 5.56 Å². The van der Waals surface area contributed by atoms with E-state index in [1.165, 1.54) is 10.6 Å². The highest BCUT2D eigenvalue weighted by Gasteiger charge is 2.44. The van der Waals surface area contributed by atoms with Crippen LogP contribution in [0.1, 0.15) is 30.2 Å². The summed E-state index contributed by atoms with van der Waals surface area (Å²) < 4.78 is 17.9. The second-order valence-electron chi connectivity index (χ2n) is 6.76. The van der Waals surface area contributed by atoms with Crippen LogP contribution in [0, 0.1) is 0 Å². The van der Waals surface area contributed by atoms with E-state index in [-0.39, 0.29) is 18.8 Å². The Hall–Kier alpha value is -3.06. The number of carbonyl (C=O) groups is 1. The lowest BCUT2D eigenvalue weighted by Gasteiger charge is -2.30. The normalized spacial score (nSPS) is 14.7. The number of fused-ring (bicyclic) bond motifs is 1. The molecule has 0 amide bonds. The molecule has 0 saturated carbocycles. The number of methoxy groups -OCH3 is 1. The molecule has 7 nitrogen and oxygen atoms in total. The van der Waals surface area contributed by atoms with E-state index in [1.54, 1.807) is 44.4 Å². The summed E-state index contributed by atoms with van der Waals surface area (Å²) in [4.78, 5) is 25.6. The van der Waals surface area contributed by atoms with Gasteiger partial charge in [-0.25, -0.2) is 4.79 Å². The third-order valence-corrected chi connectivity index (χ3v) is 5.07. The first-order valence-electron chi connectivity index (χ1n) is 9.50. The highest BCUT2D eigenvalue weighted by molar-refractivity contribution is 5.85. The minimum atomic E-state index is -1.81. The molecule has 29 heavy (non-hydrogen) atoms. The van der Waals surface area contributed by atoms with Crippen molar-refractivity contribution >= 4 is 5.97 Å². The smallest absolute Gasteiger partial charge is 0.347 e. The van der Waals surface area contributed by atoms with Crippen LogP contribution in [0.25, 0.3) is 0 Å². The third kappa shape index (κ3) is 3.78. The molecule has 0 spiro atoms. The minimum absolute atomic E-state index is 0.0344. The summed E-state index contributed by atoms with van der Waals surface area (Å²) in [7, 11) is 1.57. The predicted molar refractivity (Wildman–Crippen MR) is 107 cm³/mol. The zero-order valence-electron chi connectivity index (χ0n) is 16.6. The van der Waals surface area contributed by atoms with Crippen molar-refractivity contribution < 1.29 is 24.1 Å². The first-order valence-corrected chi connectivity index (χ1v) is 9.50. The quantitative estimate of drug-likeness (QED) is 0.543. The van der Waals surface area contributed by atoms with Gasteiger partial charge in [0.05, 0.1) is 20.3 Å². The van der Waals surface area contributed by atoms with Crippen LogP contribution >= 0.6 is 0 Å². The van der Waals surface area contributed by atoms with Gasteiger partial charge in [0.2, 0.25) is 5.60 Å². The largest absolute Gasteiger partial charge is 0.503 e. The van der Waals surface area contributed by atoms with E-state index in [9.17, 15) is 14.7 Å². The number of rotatable bonds is 8. The highest BCUT2D eigenvalue weighted by Crippen LogP contribution is 2.36. The van der Waals surface area contributed by atoms with Crippen molar-refractivity contribution in [1.29, 1.82) is 0 Å². The van der Waals surface area contributed by atoms with E-state index in [0.717, 1.165) is 17.7 Å². The standard InChI is InChI=1S/C22H25NO6/c1-4-22(21(26)28-5-2,29-14-15-8-10-17(27-3)11-9-15)18-13-16-7-6-12-23(16)20(25)19(18)24/h4,8-11,13,24H,1,5-7,12,14H2,2-3H3. The number of aromatic nitrogens is 1. The summed E-state index contributed by atoms with van der Waals surface area (Å²) in [5.74, 6) is -0.571. The lowest BCUT2D eigenvalue weighted by molar-refractivity contribution is -0.169. The Morgan fingerprint density at radius 2 is 2.07 bits per heavy atom. The van der Waals surface area contributed by atoms with Gasteiger partial charge in [-0.1, -0.05) is 18.7 Å². The lowest BCUT2D eigenvalue weighted by Crippen LogP contribution is -2.40. The number of hydrogen-bond donors (Lipinski definition) is 1. The number of aryl methyl sites for hydroxylation is 1. The maximum atomic E-state index is 12.9. The molecule has 1 aliphatic rings. The van der Waals surface area contributed by atoms with Gasteiger partial charge in [-0.05, 0) is 49.6 Å². The number of carbonyl (C=O) groups excluding carboxylic acids is 1. The third-order valence-electron chi connectivity index (χ3n) is 5.07. The van der Waals surface area contributed by atoms with Crippen LogP contribution in [-0.4, -0.2) is 29.4 Å². The van der Waals surface area contributed by atoms with Crippen molar-refractivity contribution in [1.82, 2.24) is 4.57 Å². The highest BCUT2D eigenvalue weighted by atomic mass is 16.6. The van der Waals surface area contributed by atoms with Crippen LogP contribution < -0.4 is 10.3 Å². The Labute approximate surface area is 169 Å². The Morgan fingerprint density at radius 3 is 2.69 bits per heavy atom. The summed E-state index contributed by atoms with van der Waals surface area (Å²) in [6, 6.07) is 8.79. The average molecular weight is 399 g/mol. The number of pyridine rings is 1. The van der Waals surface area contributed by atoms with E-state index >= 15 is 0 Å². The summed E-state index contributed by atoms with van der Waals surface area (Å²) >= 11 is 0. The molecular weight excluding hydrogens is 374 g/mol. The second-order valence-corrected chi connectivity index (χ2v) is 6.76. The van der Waals surface area contributed by atoms with Gasteiger partial charge in [0, 0.05) is 17.8 Å². The summed E-state index contributed by atoms with van der Waals surface area (Å²) in [6.07, 6.45) is 2.75. The SMILES string of the molecule is C=CC(OCc1ccc(OC)cc1)(C(=O)OCC)c1cc2n(c(=O)c1O)CCC2. The fourth-order valence-electron chi connectivity index (χ4n) is 3.50. The van der Waals surface area contributed by atoms with Crippen molar-refractivity contribution in [2.45, 2.75) is 38.5 Å². The average Bonchev–Trinajstić information content (AvgIpc) is 3.21. The zero-order valence-corrected chi connectivity index (χ0v) is 16.6. The molecule has 2 aromatic rings. The Kier molecular flexibility index (Phi) is 6.08. The minimum Gasteiger partial charge on any atom is -0.503 e. The molecule has 0 aliphatic carbocycles. The molecule has 3 rings (SSSR count). The van der Waals surface area contributed by atoms with Gasteiger partial charge in [-0.3, -0.25) is 4.79 Å². The van der Waals surface area contributed by atoms with Crippen LogP contribution in [0.15, 0.2) is 47.8 Å². The molecule has 1 atom stereocenters. The molecule has 1 N–H and O–H groups in total. The fourth-order valence-corrected chi connectivity index (χ4v) is 3.50. The Bertz CT molecular complexity index is 963. The van der Waals surface area contributed by atoms with Crippen molar-refractivity contribution in [3.05, 3.63) is 70.2 Å². The zero-order chi connectivity index (χ0) is 21.0. The van der Waals surface area contributed by atoms with Crippen LogP contribution in [0.2, 0.25) is 0 Å². The number of esters is 1. The first kappa shape index (κ1) is 20.7. The molecule has 0 saturated heterocycles. The second kappa shape index (κ2) is 8.53. The van der Waals surface area contributed by atoms with Gasteiger partial charge >= 0.3 is 5.97 Å². The van der Waals surface area contributed by atoms with E-state index in [1.807, 2.05) is 0 Å². The Balaban J connectivity index is 2.04. The van der Waals surface area contributed by atoms with Crippen molar-refractivity contribution in [3.8, 4) is 11.5 Å². The molecule has 1 aromatic heterocycles. The predicted octanol–water partition coefficient (Wildman–Crippen LogP) is 2.67. The molecule has 0 bridgehead atoms. The van der Waals surface area contributed by atoms with Crippen LogP contribution in [0.3, 0.4) is 0 Å². The van der Waals surface area contributed by atoms with E-state index in [4.69, 9.17) is 14.2 Å². The summed E-state index contributed by atoms with van der Waals surface area (Å²) in [5.41, 5.74) is -0.779. The van der Waals surface area contributed by atoms with Crippen LogP contribution in [0.5, 0.6) is 11.5 Å². The maximum Gasteiger partial charge on any atom is 0.347 e. The van der Waals surface area contributed by atoms with Gasteiger partial charge in [-0.15, -0.1) is 0 Å². The maximum absolute atomic E-state index is 12.9. The lowest BCUT2D eigenvalue weighted by atomic mass is 9.92. The first-order chi connectivity index (χ1) is 14.0. The molecule has 1 unspecified atom stereocenters. The van der Waals surface area contributed by atoms with E-state index in [0.29, 0.717) is 18.7 Å². The van der Waals surface area contributed by atoms with E-state index in [2.05, 4.69) is 6.58 Å². The molecule has 1 aliphatic heterocycles. The number of ether oxygens (including phenoxy) is 3. The van der Waals surface area contributed by atoms with Crippen molar-refractivity contribution in [3.63, 3.8) is 0 Å². The topological polar surface area (TPSA) is 87.0 Å². The molecule has 1 aromatic carbocycles. The van der Waals surface area contributed by atoms with Crippen molar-refractivity contribution in [2.24, 2.45) is 0 Å². The van der Waals surface area contributed by atoms with Gasteiger partial charge in [0.1, 0.15) is 5.75 Å². The fraction of sp³-hybridized carbons (Fsp3) is 0.364.